The topological polar surface area (TPSA) is 158 Å². The molecule has 0 N–H and O–H groups in total. The van der Waals surface area contributed by atoms with Crippen molar-refractivity contribution in [3.8, 4) is 5.82 Å². The van der Waals surface area contributed by atoms with E-state index in [0.29, 0.717) is 35.7 Å². The highest BCUT2D eigenvalue weighted by atomic mass is 32.2. The summed E-state index contributed by atoms with van der Waals surface area (Å²) in [5, 5.41) is 7.69. The fourth-order valence-electron chi connectivity index (χ4n) is 5.57. The smallest absolute Gasteiger partial charge is 0.411 e. The highest BCUT2D eigenvalue weighted by Crippen LogP contribution is 2.45. The molecule has 3 saturated heterocycles. The second-order valence-electron chi connectivity index (χ2n) is 11.9. The minimum absolute atomic E-state index is 0.0359. The number of hydrogen-bond acceptors (Lipinski definition) is 13. The van der Waals surface area contributed by atoms with Crippen LogP contribution in [0.5, 0.6) is 0 Å². The zero-order valence-electron chi connectivity index (χ0n) is 24.2. The van der Waals surface area contributed by atoms with Crippen LogP contribution >= 0.6 is 11.8 Å². The number of ether oxygens (including phenoxy) is 5. The zero-order chi connectivity index (χ0) is 29.8. The van der Waals surface area contributed by atoms with Gasteiger partial charge in [0.1, 0.15) is 42.8 Å². The number of nitrogens with zero attached hydrogens (tertiary/aromatic N) is 8. The molecule has 15 nitrogen and oxygen atoms in total. The van der Waals surface area contributed by atoms with Crippen LogP contribution in [0.15, 0.2) is 25.3 Å². The summed E-state index contributed by atoms with van der Waals surface area (Å²) in [7, 11) is 1.32. The number of methoxy groups -OCH3 is 1. The number of imidazole rings is 1. The molecule has 42 heavy (non-hydrogen) atoms. The second-order valence-corrected chi connectivity index (χ2v) is 13.2. The molecule has 3 aliphatic rings. The molecule has 0 aromatic carbocycles. The van der Waals surface area contributed by atoms with Gasteiger partial charge in [-0.3, -0.25) is 14.0 Å². The molecule has 6 rings (SSSR count). The SMILES string of the molecule is COC(=O)[C@@H]1CC(SC[C@H]2O[C@@H](n3cnc4c(-n5cnnc5)ncnc43)[C@@H]3OC(C)(C)O[C@@H]32)CN1C(=O)OC(C)(C)C. The first-order chi connectivity index (χ1) is 19.9. The van der Waals surface area contributed by atoms with Crippen molar-refractivity contribution in [2.75, 3.05) is 19.4 Å². The van der Waals surface area contributed by atoms with E-state index in [0.717, 1.165) is 0 Å². The molecule has 3 aromatic rings. The van der Waals surface area contributed by atoms with Gasteiger partial charge in [-0.25, -0.2) is 24.5 Å². The maximum Gasteiger partial charge on any atom is 0.411 e. The van der Waals surface area contributed by atoms with Crippen LogP contribution in [0.3, 0.4) is 0 Å². The molecule has 226 valence electrons. The first kappa shape index (κ1) is 28.8. The Morgan fingerprint density at radius 3 is 2.55 bits per heavy atom. The predicted molar refractivity (Wildman–Crippen MR) is 148 cm³/mol. The van der Waals surface area contributed by atoms with Crippen molar-refractivity contribution < 1.29 is 33.3 Å². The Kier molecular flexibility index (Phi) is 7.35. The first-order valence-corrected chi connectivity index (χ1v) is 14.7. The summed E-state index contributed by atoms with van der Waals surface area (Å²) in [5.74, 6) is -0.179. The Balaban J connectivity index is 1.20. The summed E-state index contributed by atoms with van der Waals surface area (Å²) < 4.78 is 33.2. The standard InChI is InChI=1S/C26H34N8O7S/c1-25(2,3)41-24(36)33-8-14(7-15(33)23(35)37-6)42-9-16-18-19(40-26(4,5)39-18)22(38-16)34-11-29-17-20(27-10-28-21(17)34)32-12-30-31-13-32/h10-16,18-19,22H,7-9H2,1-6H3/t14?,15-,16+,18+,19+,22+/m0/s1. The van der Waals surface area contributed by atoms with Crippen molar-refractivity contribution in [2.45, 2.75) is 88.3 Å². The lowest BCUT2D eigenvalue weighted by molar-refractivity contribution is -0.193. The molecule has 3 aliphatic heterocycles. The van der Waals surface area contributed by atoms with Crippen LogP contribution in [0.25, 0.3) is 17.0 Å². The van der Waals surface area contributed by atoms with Crippen LogP contribution in [0, 0.1) is 0 Å². The number of rotatable bonds is 6. The van der Waals surface area contributed by atoms with E-state index >= 15 is 0 Å². The van der Waals surface area contributed by atoms with Gasteiger partial charge in [0.25, 0.3) is 0 Å². The molecule has 16 heteroatoms. The molecule has 3 fully saturated rings. The zero-order valence-corrected chi connectivity index (χ0v) is 25.1. The second kappa shape index (κ2) is 10.7. The van der Waals surface area contributed by atoms with Gasteiger partial charge in [0.2, 0.25) is 0 Å². The molecule has 3 aromatic heterocycles. The molecule has 0 saturated carbocycles. The fourth-order valence-corrected chi connectivity index (χ4v) is 6.89. The molecule has 1 amide bonds. The summed E-state index contributed by atoms with van der Waals surface area (Å²) in [5.41, 5.74) is 0.454. The Bertz CT molecular complexity index is 1460. The highest BCUT2D eigenvalue weighted by molar-refractivity contribution is 8.00. The quantitative estimate of drug-likeness (QED) is 0.378. The highest BCUT2D eigenvalue weighted by Gasteiger charge is 2.56. The number of likely N-dealkylation sites (tertiary alicyclic amines) is 1. The van der Waals surface area contributed by atoms with Crippen molar-refractivity contribution in [1.29, 1.82) is 0 Å². The Morgan fingerprint density at radius 2 is 1.83 bits per heavy atom. The third kappa shape index (κ3) is 5.43. The maximum absolute atomic E-state index is 12.9. The summed E-state index contributed by atoms with van der Waals surface area (Å²) >= 11 is 1.62. The minimum Gasteiger partial charge on any atom is -0.467 e. The number of carbonyl (C=O) groups excluding carboxylic acids is 2. The van der Waals surface area contributed by atoms with E-state index in [1.807, 2.05) is 18.4 Å². The first-order valence-electron chi connectivity index (χ1n) is 13.7. The van der Waals surface area contributed by atoms with Crippen LogP contribution < -0.4 is 0 Å². The van der Waals surface area contributed by atoms with Gasteiger partial charge in [0.05, 0.1) is 19.5 Å². The Morgan fingerprint density at radius 1 is 1.10 bits per heavy atom. The average Bonchev–Trinajstić information content (AvgIpc) is 3.74. The summed E-state index contributed by atoms with van der Waals surface area (Å²) in [6.45, 7) is 9.48. The molecule has 6 heterocycles. The molecule has 0 aliphatic carbocycles. The normalized spacial score (nSPS) is 28.8. The van der Waals surface area contributed by atoms with Crippen molar-refractivity contribution in [1.82, 2.24) is 39.2 Å². The van der Waals surface area contributed by atoms with Gasteiger partial charge in [-0.05, 0) is 41.0 Å². The summed E-state index contributed by atoms with van der Waals surface area (Å²) in [4.78, 5) is 40.3. The number of carbonyl (C=O) groups is 2. The predicted octanol–water partition coefficient (Wildman–Crippen LogP) is 2.11. The van der Waals surface area contributed by atoms with Crippen LogP contribution in [-0.2, 0) is 28.5 Å². The third-order valence-electron chi connectivity index (χ3n) is 7.26. The van der Waals surface area contributed by atoms with Crippen molar-refractivity contribution in [2.24, 2.45) is 0 Å². The molecule has 0 radical (unpaired) electrons. The molecular weight excluding hydrogens is 568 g/mol. The number of esters is 1. The van der Waals surface area contributed by atoms with Gasteiger partial charge in [-0.15, -0.1) is 10.2 Å². The maximum atomic E-state index is 12.9. The van der Waals surface area contributed by atoms with E-state index in [2.05, 4.69) is 25.1 Å². The summed E-state index contributed by atoms with van der Waals surface area (Å²) in [6.07, 6.45) is 4.46. The molecular formula is C26H34N8O7S. The van der Waals surface area contributed by atoms with E-state index in [1.165, 1.54) is 18.3 Å². The van der Waals surface area contributed by atoms with Crippen LogP contribution in [-0.4, -0.2) is 112 Å². The van der Waals surface area contributed by atoms with Gasteiger partial charge in [-0.1, -0.05) is 0 Å². The molecule has 6 atom stereocenters. The van der Waals surface area contributed by atoms with E-state index in [4.69, 9.17) is 23.7 Å². The van der Waals surface area contributed by atoms with Gasteiger partial charge in [0, 0.05) is 17.5 Å². The number of aromatic nitrogens is 7. The van der Waals surface area contributed by atoms with Gasteiger partial charge >= 0.3 is 12.1 Å². The molecule has 1 unspecified atom stereocenters. The van der Waals surface area contributed by atoms with E-state index in [1.54, 1.807) is 56.1 Å². The van der Waals surface area contributed by atoms with Gasteiger partial charge < -0.3 is 23.7 Å². The molecule has 0 bridgehead atoms. The van der Waals surface area contributed by atoms with Crippen LogP contribution in [0.2, 0.25) is 0 Å². The van der Waals surface area contributed by atoms with Crippen molar-refractivity contribution >= 4 is 35.0 Å². The van der Waals surface area contributed by atoms with Crippen LogP contribution in [0.4, 0.5) is 4.79 Å². The minimum atomic E-state index is -0.809. The monoisotopic (exact) mass is 602 g/mol. The van der Waals surface area contributed by atoms with Crippen molar-refractivity contribution in [3.05, 3.63) is 25.3 Å². The van der Waals surface area contributed by atoms with E-state index in [-0.39, 0.29) is 17.5 Å². The van der Waals surface area contributed by atoms with Crippen LogP contribution in [0.1, 0.15) is 47.3 Å². The number of fused-ring (bicyclic) bond motifs is 2. The lowest BCUT2D eigenvalue weighted by atomic mass is 10.1. The average molecular weight is 603 g/mol. The lowest BCUT2D eigenvalue weighted by Crippen LogP contribution is -2.43. The van der Waals surface area contributed by atoms with E-state index < -0.39 is 41.8 Å². The lowest BCUT2D eigenvalue weighted by Gasteiger charge is -2.27. The van der Waals surface area contributed by atoms with Crippen molar-refractivity contribution in [3.63, 3.8) is 0 Å². The number of thioether (sulfide) groups is 1. The largest absolute Gasteiger partial charge is 0.467 e. The third-order valence-corrected chi connectivity index (χ3v) is 8.60. The summed E-state index contributed by atoms with van der Waals surface area (Å²) in [6, 6.07) is -0.714. The Hall–Kier alpha value is -3.34. The fraction of sp³-hybridized carbons (Fsp3) is 0.654. The number of hydrogen-bond donors (Lipinski definition) is 0. The van der Waals surface area contributed by atoms with Gasteiger partial charge in [0.15, 0.2) is 29.0 Å². The number of amides is 1. The Labute approximate surface area is 246 Å². The van der Waals surface area contributed by atoms with E-state index in [9.17, 15) is 9.59 Å². The van der Waals surface area contributed by atoms with Gasteiger partial charge in [-0.2, -0.15) is 11.8 Å². The molecule has 0 spiro atoms.